The van der Waals surface area contributed by atoms with Crippen LogP contribution in [0.3, 0.4) is 0 Å². The Kier molecular flexibility index (Phi) is 3.63. The van der Waals surface area contributed by atoms with Gasteiger partial charge in [0.05, 0.1) is 13.3 Å². The summed E-state index contributed by atoms with van der Waals surface area (Å²) in [7, 11) is 1.57. The van der Waals surface area contributed by atoms with Gasteiger partial charge in [0.2, 0.25) is 17.6 Å². The van der Waals surface area contributed by atoms with Gasteiger partial charge in [-0.3, -0.25) is 4.68 Å². The lowest BCUT2D eigenvalue weighted by Gasteiger charge is -1.98. The molecule has 0 spiro atoms. The molecule has 3 aromatic rings. The number of hydrogen-bond donors (Lipinski definition) is 0. The van der Waals surface area contributed by atoms with Crippen LogP contribution in [-0.2, 0) is 13.0 Å². The molecule has 3 rings (SSSR count). The van der Waals surface area contributed by atoms with Gasteiger partial charge in [-0.25, -0.2) is 4.98 Å². The van der Waals surface area contributed by atoms with Crippen LogP contribution in [0, 0.1) is 6.92 Å². The fraction of sp³-hybridized carbons (Fsp3) is 0.286. The van der Waals surface area contributed by atoms with E-state index in [2.05, 4.69) is 20.2 Å². The summed E-state index contributed by atoms with van der Waals surface area (Å²) in [6.45, 7) is 2.71. The standard InChI is InChI=1S/C14H15N5O2/c1-10-7-16-19(9-10)6-5-13-17-14(18-21-13)11-3-4-12(20-2)15-8-11/h3-4,7-9H,5-6H2,1-2H3. The molecule has 108 valence electrons. The summed E-state index contributed by atoms with van der Waals surface area (Å²) in [5.74, 6) is 1.65. The number of pyridine rings is 1. The van der Waals surface area contributed by atoms with Crippen LogP contribution in [0.5, 0.6) is 5.88 Å². The zero-order chi connectivity index (χ0) is 14.7. The third-order valence-corrected chi connectivity index (χ3v) is 2.99. The number of aromatic nitrogens is 5. The van der Waals surface area contributed by atoms with Crippen molar-refractivity contribution in [2.75, 3.05) is 7.11 Å². The van der Waals surface area contributed by atoms with Crippen molar-refractivity contribution >= 4 is 0 Å². The fourth-order valence-electron chi connectivity index (χ4n) is 1.91. The van der Waals surface area contributed by atoms with Gasteiger partial charge >= 0.3 is 0 Å². The number of methoxy groups -OCH3 is 1. The summed E-state index contributed by atoms with van der Waals surface area (Å²) in [5, 5.41) is 8.18. The van der Waals surface area contributed by atoms with Crippen LogP contribution < -0.4 is 4.74 Å². The molecule has 7 nitrogen and oxygen atoms in total. The second-order valence-electron chi connectivity index (χ2n) is 4.63. The Labute approximate surface area is 121 Å². The minimum Gasteiger partial charge on any atom is -0.481 e. The molecule has 0 saturated carbocycles. The van der Waals surface area contributed by atoms with Crippen molar-refractivity contribution in [2.45, 2.75) is 19.9 Å². The predicted octanol–water partition coefficient (Wildman–Crippen LogP) is 1.89. The number of hydrogen-bond acceptors (Lipinski definition) is 6. The van der Waals surface area contributed by atoms with Crippen molar-refractivity contribution in [1.29, 1.82) is 0 Å². The first-order valence-corrected chi connectivity index (χ1v) is 6.56. The highest BCUT2D eigenvalue weighted by Crippen LogP contribution is 2.17. The van der Waals surface area contributed by atoms with E-state index in [1.165, 1.54) is 0 Å². The number of nitrogens with zero attached hydrogens (tertiary/aromatic N) is 5. The first kappa shape index (κ1) is 13.3. The summed E-state index contributed by atoms with van der Waals surface area (Å²) in [5.41, 5.74) is 1.92. The van der Waals surface area contributed by atoms with Crippen LogP contribution >= 0.6 is 0 Å². The summed E-state index contributed by atoms with van der Waals surface area (Å²) in [4.78, 5) is 8.48. The molecule has 0 aromatic carbocycles. The van der Waals surface area contributed by atoms with Gasteiger partial charge in [0.1, 0.15) is 0 Å². The van der Waals surface area contributed by atoms with Crippen LogP contribution in [0.2, 0.25) is 0 Å². The predicted molar refractivity (Wildman–Crippen MR) is 74.7 cm³/mol. The number of rotatable bonds is 5. The zero-order valence-electron chi connectivity index (χ0n) is 11.9. The summed E-state index contributed by atoms with van der Waals surface area (Å²) in [6, 6.07) is 3.61. The van der Waals surface area contributed by atoms with Crippen LogP contribution in [0.15, 0.2) is 35.2 Å². The van der Waals surface area contributed by atoms with Gasteiger partial charge in [-0.2, -0.15) is 10.1 Å². The second-order valence-corrected chi connectivity index (χ2v) is 4.63. The van der Waals surface area contributed by atoms with Gasteiger partial charge in [0, 0.05) is 37.0 Å². The third kappa shape index (κ3) is 3.07. The van der Waals surface area contributed by atoms with Gasteiger partial charge in [-0.15, -0.1) is 0 Å². The molecular weight excluding hydrogens is 270 g/mol. The highest BCUT2D eigenvalue weighted by molar-refractivity contribution is 5.52. The van der Waals surface area contributed by atoms with Gasteiger partial charge in [0.15, 0.2) is 0 Å². The van der Waals surface area contributed by atoms with E-state index in [0.717, 1.165) is 11.1 Å². The molecule has 0 unspecified atom stereocenters. The first-order valence-electron chi connectivity index (χ1n) is 6.56. The average molecular weight is 285 g/mol. The quantitative estimate of drug-likeness (QED) is 0.712. The molecule has 0 saturated heterocycles. The van der Waals surface area contributed by atoms with Crippen molar-refractivity contribution in [3.05, 3.63) is 42.2 Å². The molecule has 3 aromatic heterocycles. The SMILES string of the molecule is COc1ccc(-c2noc(CCn3cc(C)cn3)n2)cn1. The van der Waals surface area contributed by atoms with Gasteiger partial charge < -0.3 is 9.26 Å². The maximum atomic E-state index is 5.24. The molecule has 0 bridgehead atoms. The van der Waals surface area contributed by atoms with Crippen molar-refractivity contribution in [3.63, 3.8) is 0 Å². The molecule has 0 radical (unpaired) electrons. The van der Waals surface area contributed by atoms with E-state index in [4.69, 9.17) is 9.26 Å². The smallest absolute Gasteiger partial charge is 0.228 e. The number of aryl methyl sites for hydroxylation is 3. The Hall–Kier alpha value is -2.70. The Bertz CT molecular complexity index is 717. The molecule has 0 fully saturated rings. The van der Waals surface area contributed by atoms with Crippen LogP contribution in [0.1, 0.15) is 11.5 Å². The zero-order valence-corrected chi connectivity index (χ0v) is 11.9. The van der Waals surface area contributed by atoms with E-state index >= 15 is 0 Å². The minimum atomic E-state index is 0.525. The molecule has 7 heteroatoms. The lowest BCUT2D eigenvalue weighted by Crippen LogP contribution is -2.01. The van der Waals surface area contributed by atoms with Crippen LogP contribution in [0.4, 0.5) is 0 Å². The fourth-order valence-corrected chi connectivity index (χ4v) is 1.91. The summed E-state index contributed by atoms with van der Waals surface area (Å²) >= 11 is 0. The van der Waals surface area contributed by atoms with Crippen LogP contribution in [-0.4, -0.2) is 32.0 Å². The van der Waals surface area contributed by atoms with E-state index < -0.39 is 0 Å². The van der Waals surface area contributed by atoms with E-state index in [1.54, 1.807) is 19.4 Å². The second kappa shape index (κ2) is 5.74. The van der Waals surface area contributed by atoms with Crippen molar-refractivity contribution < 1.29 is 9.26 Å². The molecule has 0 N–H and O–H groups in total. The Morgan fingerprint density at radius 1 is 1.29 bits per heavy atom. The maximum absolute atomic E-state index is 5.24. The Morgan fingerprint density at radius 3 is 2.86 bits per heavy atom. The lowest BCUT2D eigenvalue weighted by atomic mass is 10.3. The van der Waals surface area contributed by atoms with E-state index in [9.17, 15) is 0 Å². The van der Waals surface area contributed by atoms with Gasteiger partial charge in [0.25, 0.3) is 0 Å². The van der Waals surface area contributed by atoms with Crippen molar-refractivity contribution in [2.24, 2.45) is 0 Å². The highest BCUT2D eigenvalue weighted by Gasteiger charge is 2.09. The summed E-state index contributed by atoms with van der Waals surface area (Å²) in [6.07, 6.45) is 6.09. The maximum Gasteiger partial charge on any atom is 0.228 e. The van der Waals surface area contributed by atoms with Gasteiger partial charge in [-0.05, 0) is 18.6 Å². The molecule has 0 aliphatic carbocycles. The monoisotopic (exact) mass is 285 g/mol. The average Bonchev–Trinajstić information content (AvgIpc) is 3.14. The van der Waals surface area contributed by atoms with Crippen LogP contribution in [0.25, 0.3) is 11.4 Å². The molecule has 0 aliphatic rings. The highest BCUT2D eigenvalue weighted by atomic mass is 16.5. The normalized spacial score (nSPS) is 10.8. The molecule has 0 aliphatic heterocycles. The topological polar surface area (TPSA) is 78.9 Å². The minimum absolute atomic E-state index is 0.525. The lowest BCUT2D eigenvalue weighted by molar-refractivity contribution is 0.369. The summed E-state index contributed by atoms with van der Waals surface area (Å²) < 4.78 is 12.1. The molecule has 21 heavy (non-hydrogen) atoms. The third-order valence-electron chi connectivity index (χ3n) is 2.99. The largest absolute Gasteiger partial charge is 0.481 e. The van der Waals surface area contributed by atoms with Crippen molar-refractivity contribution in [1.82, 2.24) is 24.9 Å². The molecular formula is C14H15N5O2. The molecule has 0 atom stereocenters. The Balaban J connectivity index is 1.67. The van der Waals surface area contributed by atoms with Crippen molar-refractivity contribution in [3.8, 4) is 17.3 Å². The molecule has 3 heterocycles. The van der Waals surface area contributed by atoms with Gasteiger partial charge in [-0.1, -0.05) is 5.16 Å². The van der Waals surface area contributed by atoms with E-state index in [0.29, 0.717) is 30.6 Å². The van der Waals surface area contributed by atoms with E-state index in [-0.39, 0.29) is 0 Å². The Morgan fingerprint density at radius 2 is 2.19 bits per heavy atom. The number of ether oxygens (including phenoxy) is 1. The van der Waals surface area contributed by atoms with E-state index in [1.807, 2.05) is 30.1 Å². The molecule has 0 amide bonds. The first-order chi connectivity index (χ1) is 10.2.